The van der Waals surface area contributed by atoms with Crippen LogP contribution in [0.2, 0.25) is 0 Å². The lowest BCUT2D eigenvalue weighted by Crippen LogP contribution is -2.13. The maximum absolute atomic E-state index is 14.3. The molecule has 0 aliphatic rings. The largest absolute Gasteiger partial charge is 0.496 e. The third-order valence-corrected chi connectivity index (χ3v) is 8.21. The van der Waals surface area contributed by atoms with Gasteiger partial charge in [-0.15, -0.1) is 0 Å². The van der Waals surface area contributed by atoms with Crippen molar-refractivity contribution in [2.45, 2.75) is 0 Å². The van der Waals surface area contributed by atoms with Gasteiger partial charge in [0.2, 0.25) is 0 Å². The molecule has 0 aromatic heterocycles. The van der Waals surface area contributed by atoms with Crippen molar-refractivity contribution in [1.82, 2.24) is 0 Å². The summed E-state index contributed by atoms with van der Waals surface area (Å²) in [6.07, 6.45) is 0. The Morgan fingerprint density at radius 1 is 0.548 bits per heavy atom. The topological polar surface area (TPSA) is 117 Å². The zero-order valence-corrected chi connectivity index (χ0v) is 23.1. The molecule has 8 nitrogen and oxygen atoms in total. The van der Waals surface area contributed by atoms with E-state index in [1.165, 1.54) is 0 Å². The number of nitrogens with one attached hydrogen (secondary N) is 2. The van der Waals surface area contributed by atoms with E-state index in [0.717, 1.165) is 21.5 Å². The van der Waals surface area contributed by atoms with Crippen LogP contribution in [-0.4, -0.2) is 50.7 Å². The van der Waals surface area contributed by atoms with Gasteiger partial charge in [-0.3, -0.25) is 9.59 Å². The minimum absolute atomic E-state index is 0.114. The van der Waals surface area contributed by atoms with E-state index in [1.54, 1.807) is 26.4 Å². The molecular weight excluding hydrogens is 532 g/mol. The number of fused-ring (bicyclic) bond motifs is 6. The highest BCUT2D eigenvalue weighted by Crippen LogP contribution is 2.52. The molecule has 42 heavy (non-hydrogen) atoms. The Morgan fingerprint density at radius 2 is 0.929 bits per heavy atom. The van der Waals surface area contributed by atoms with Gasteiger partial charge in [0.25, 0.3) is 0 Å². The van der Waals surface area contributed by atoms with E-state index in [4.69, 9.17) is 9.47 Å². The number of aliphatic hydroxyl groups is 2. The first-order valence-electron chi connectivity index (χ1n) is 13.8. The summed E-state index contributed by atoms with van der Waals surface area (Å²) in [5.74, 6) is 1.00. The van der Waals surface area contributed by atoms with Crippen LogP contribution in [0.1, 0.15) is 0 Å². The molecule has 0 atom stereocenters. The lowest BCUT2D eigenvalue weighted by atomic mass is 9.83. The molecule has 0 radical (unpaired) electrons. The summed E-state index contributed by atoms with van der Waals surface area (Å²) in [7, 11) is 3.14. The average Bonchev–Trinajstić information content (AvgIpc) is 3.03. The Kier molecular flexibility index (Phi) is 6.11. The molecule has 0 aliphatic heterocycles. The summed E-state index contributed by atoms with van der Waals surface area (Å²) in [6.45, 7) is 0.265. The fourth-order valence-electron chi connectivity index (χ4n) is 6.62. The van der Waals surface area contributed by atoms with Gasteiger partial charge in [-0.1, -0.05) is 48.5 Å². The van der Waals surface area contributed by atoms with E-state index >= 15 is 0 Å². The number of aliphatic hydroxyl groups excluding tert-OH is 2. The Bertz CT molecular complexity index is 2140. The second-order valence-electron chi connectivity index (χ2n) is 10.3. The molecule has 0 heterocycles. The molecule has 0 fully saturated rings. The van der Waals surface area contributed by atoms with Crippen molar-refractivity contribution >= 4 is 76.0 Å². The zero-order valence-electron chi connectivity index (χ0n) is 23.1. The minimum atomic E-state index is -0.140. The lowest BCUT2D eigenvalue weighted by molar-refractivity contribution is 0.311. The van der Waals surface area contributed by atoms with Crippen LogP contribution >= 0.6 is 0 Å². The molecule has 4 N–H and O–H groups in total. The summed E-state index contributed by atoms with van der Waals surface area (Å²) in [6, 6.07) is 18.6. The van der Waals surface area contributed by atoms with Crippen LogP contribution in [-0.2, 0) is 0 Å². The molecule has 210 valence electrons. The first kappa shape index (κ1) is 26.0. The van der Waals surface area contributed by atoms with Crippen LogP contribution in [0, 0.1) is 0 Å². The van der Waals surface area contributed by atoms with Gasteiger partial charge in [0.15, 0.2) is 10.9 Å². The SMILES string of the molecule is COc1cc(NCCO)c2c(=O)c3ccccc3c3c2c1c1c(OC)cc(NCCO)c2c(=O)c4ccccc4c3c21. The Balaban J connectivity index is 1.94. The Hall–Kier alpha value is -4.92. The second-order valence-corrected chi connectivity index (χ2v) is 10.3. The van der Waals surface area contributed by atoms with Crippen LogP contribution < -0.4 is 31.0 Å². The molecule has 0 amide bonds. The minimum Gasteiger partial charge on any atom is -0.496 e. The molecule has 0 bridgehead atoms. The highest BCUT2D eigenvalue weighted by molar-refractivity contribution is 6.45. The van der Waals surface area contributed by atoms with Gasteiger partial charge in [-0.2, -0.15) is 0 Å². The van der Waals surface area contributed by atoms with E-state index in [1.807, 2.05) is 48.5 Å². The van der Waals surface area contributed by atoms with Crippen LogP contribution in [0.25, 0.3) is 64.6 Å². The van der Waals surface area contributed by atoms with Crippen LogP contribution in [0.3, 0.4) is 0 Å². The number of benzene rings is 7. The van der Waals surface area contributed by atoms with E-state index in [0.29, 0.717) is 66.0 Å². The standard InChI is InChI=1S/C34H28N2O6/c1-41-23-15-21(35-11-13-37)27-31-25(17-7-3-5-9-19(17)33(27)39)26-18-8-4-6-10-20(18)34(40)28-22(36-12-14-38)16-24(42-2)30(29(23)31)32(26)28/h3-10,15-16,35-38H,11-14H2,1-2H3. The van der Waals surface area contributed by atoms with E-state index < -0.39 is 0 Å². The predicted octanol–water partition coefficient (Wildman–Crippen LogP) is 5.03. The summed E-state index contributed by atoms with van der Waals surface area (Å²) in [5.41, 5.74) is 0.833. The quantitative estimate of drug-likeness (QED) is 0.151. The van der Waals surface area contributed by atoms with E-state index in [2.05, 4.69) is 10.6 Å². The normalized spacial score (nSPS) is 11.9. The van der Waals surface area contributed by atoms with Gasteiger partial charge in [-0.05, 0) is 21.5 Å². The zero-order chi connectivity index (χ0) is 29.1. The maximum Gasteiger partial charge on any atom is 0.196 e. The molecule has 0 aliphatic carbocycles. The summed E-state index contributed by atoms with van der Waals surface area (Å²) < 4.78 is 12.0. The van der Waals surface area contributed by atoms with Gasteiger partial charge in [0.05, 0.1) is 38.2 Å². The van der Waals surface area contributed by atoms with E-state index in [-0.39, 0.29) is 37.2 Å². The van der Waals surface area contributed by atoms with Gasteiger partial charge in [0, 0.05) is 68.9 Å². The third kappa shape index (κ3) is 3.42. The third-order valence-electron chi connectivity index (χ3n) is 8.21. The summed E-state index contributed by atoms with van der Waals surface area (Å²) in [5, 5.41) is 33.7. The van der Waals surface area contributed by atoms with Crippen LogP contribution in [0.4, 0.5) is 11.4 Å². The molecule has 0 saturated carbocycles. The monoisotopic (exact) mass is 560 g/mol. The van der Waals surface area contributed by atoms with Gasteiger partial charge in [-0.25, -0.2) is 0 Å². The predicted molar refractivity (Wildman–Crippen MR) is 171 cm³/mol. The summed E-state index contributed by atoms with van der Waals surface area (Å²) in [4.78, 5) is 28.5. The fourth-order valence-corrected chi connectivity index (χ4v) is 6.62. The average molecular weight is 561 g/mol. The molecule has 0 saturated heterocycles. The molecule has 8 heteroatoms. The van der Waals surface area contributed by atoms with Crippen molar-refractivity contribution < 1.29 is 19.7 Å². The van der Waals surface area contributed by atoms with Crippen molar-refractivity contribution in [2.24, 2.45) is 0 Å². The molecular formula is C34H28N2O6. The summed E-state index contributed by atoms with van der Waals surface area (Å²) >= 11 is 0. The van der Waals surface area contributed by atoms with Crippen molar-refractivity contribution in [3.63, 3.8) is 0 Å². The van der Waals surface area contributed by atoms with Crippen molar-refractivity contribution in [2.75, 3.05) is 51.2 Å². The maximum atomic E-state index is 14.3. The number of hydrogen-bond acceptors (Lipinski definition) is 8. The Morgan fingerprint density at radius 3 is 1.29 bits per heavy atom. The van der Waals surface area contributed by atoms with Gasteiger partial charge in [0.1, 0.15) is 11.5 Å². The number of anilines is 2. The Labute approximate surface area is 239 Å². The molecule has 0 spiro atoms. The second kappa shape index (κ2) is 9.87. The fraction of sp³-hybridized carbons (Fsp3) is 0.176. The van der Waals surface area contributed by atoms with Gasteiger partial charge >= 0.3 is 0 Å². The van der Waals surface area contributed by atoms with Gasteiger partial charge < -0.3 is 30.3 Å². The highest BCUT2D eigenvalue weighted by atomic mass is 16.5. The smallest absolute Gasteiger partial charge is 0.196 e. The van der Waals surface area contributed by atoms with Crippen molar-refractivity contribution in [3.8, 4) is 11.5 Å². The van der Waals surface area contributed by atoms with Crippen molar-refractivity contribution in [1.29, 1.82) is 0 Å². The molecule has 7 aromatic carbocycles. The number of rotatable bonds is 8. The first-order valence-corrected chi connectivity index (χ1v) is 13.8. The molecule has 7 aromatic rings. The molecule has 0 unspecified atom stereocenters. The van der Waals surface area contributed by atoms with Crippen LogP contribution in [0.15, 0.2) is 70.3 Å². The number of methoxy groups -OCH3 is 2. The van der Waals surface area contributed by atoms with E-state index in [9.17, 15) is 19.8 Å². The first-order chi connectivity index (χ1) is 20.5. The highest BCUT2D eigenvalue weighted by Gasteiger charge is 2.28. The lowest BCUT2D eigenvalue weighted by Gasteiger charge is -2.23. The number of ether oxygens (including phenoxy) is 2. The van der Waals surface area contributed by atoms with Crippen molar-refractivity contribution in [3.05, 3.63) is 81.1 Å². The number of hydrogen-bond donors (Lipinski definition) is 4. The molecule has 7 rings (SSSR count). The van der Waals surface area contributed by atoms with Crippen LogP contribution in [0.5, 0.6) is 11.5 Å².